The molecule has 1 aromatic heterocycles. The van der Waals surface area contributed by atoms with E-state index in [1.54, 1.807) is 0 Å². The Hall–Kier alpha value is -1.77. The number of aryl methyl sites for hydroxylation is 1. The maximum Gasteiger partial charge on any atom is 0.328 e. The molecule has 2 rings (SSSR count). The summed E-state index contributed by atoms with van der Waals surface area (Å²) in [5.74, 6) is 1.18. The predicted octanol–water partition coefficient (Wildman–Crippen LogP) is 8.54. The molecule has 0 N–H and O–H groups in total. The number of imidazole rings is 1. The van der Waals surface area contributed by atoms with Gasteiger partial charge in [-0.2, -0.15) is 0 Å². The fourth-order valence-corrected chi connectivity index (χ4v) is 4.57. The minimum atomic E-state index is 0.794. The molecule has 0 saturated heterocycles. The number of benzene rings is 1. The molecule has 3 nitrogen and oxygen atoms in total. The van der Waals surface area contributed by atoms with Gasteiger partial charge in [-0.3, -0.25) is 0 Å². The van der Waals surface area contributed by atoms with Crippen LogP contribution in [-0.4, -0.2) is 11.3 Å². The van der Waals surface area contributed by atoms with Crippen molar-refractivity contribution >= 4 is 0 Å². The van der Waals surface area contributed by atoms with Crippen molar-refractivity contribution in [1.29, 1.82) is 0 Å². The van der Waals surface area contributed by atoms with Crippen molar-refractivity contribution in [3.05, 3.63) is 42.7 Å². The van der Waals surface area contributed by atoms with Crippen LogP contribution in [0.3, 0.4) is 0 Å². The lowest BCUT2D eigenvalue weighted by Gasteiger charge is -2.07. The molecule has 1 heterocycles. The van der Waals surface area contributed by atoms with Crippen LogP contribution in [0.15, 0.2) is 42.7 Å². The van der Waals surface area contributed by atoms with E-state index in [2.05, 4.69) is 61.1 Å². The van der Waals surface area contributed by atoms with Crippen molar-refractivity contribution in [2.45, 2.75) is 130 Å². The van der Waals surface area contributed by atoms with Crippen molar-refractivity contribution in [2.75, 3.05) is 6.61 Å². The summed E-state index contributed by atoms with van der Waals surface area (Å²) in [5, 5.41) is 0. The number of unbranched alkanes of at least 4 members (excludes halogenated alkanes) is 15. The predicted molar refractivity (Wildman–Crippen MR) is 141 cm³/mol. The first-order valence-corrected chi connectivity index (χ1v) is 14.2. The van der Waals surface area contributed by atoms with Crippen LogP contribution < -0.4 is 9.40 Å². The first kappa shape index (κ1) is 27.5. The molecule has 186 valence electrons. The van der Waals surface area contributed by atoms with Gasteiger partial charge in [-0.1, -0.05) is 116 Å². The van der Waals surface area contributed by atoms with Gasteiger partial charge in [0.05, 0.1) is 12.1 Å². The van der Waals surface area contributed by atoms with Crippen molar-refractivity contribution in [1.82, 2.24) is 4.73 Å². The van der Waals surface area contributed by atoms with Gasteiger partial charge in [-0.15, -0.1) is 0 Å². The Labute approximate surface area is 204 Å². The highest BCUT2D eigenvalue weighted by Gasteiger charge is 2.20. The highest BCUT2D eigenvalue weighted by molar-refractivity contribution is 5.51. The van der Waals surface area contributed by atoms with Crippen LogP contribution in [0.25, 0.3) is 11.4 Å². The Morgan fingerprint density at radius 3 is 1.73 bits per heavy atom. The van der Waals surface area contributed by atoms with Crippen molar-refractivity contribution in [3.63, 3.8) is 0 Å². The highest BCUT2D eigenvalue weighted by atomic mass is 16.7. The summed E-state index contributed by atoms with van der Waals surface area (Å²) in [4.78, 5) is 6.21. The molecule has 0 radical (unpaired) electrons. The molecule has 0 saturated carbocycles. The van der Waals surface area contributed by atoms with Crippen LogP contribution >= 0.6 is 0 Å². The molecule has 1 aromatic carbocycles. The molecule has 0 aliphatic rings. The Morgan fingerprint density at radius 1 is 0.636 bits per heavy atom. The molecular weight excluding hydrogens is 404 g/mol. The molecular formula is C30H51N2O+. The van der Waals surface area contributed by atoms with E-state index >= 15 is 0 Å². The molecule has 0 aliphatic carbocycles. The topological polar surface area (TPSA) is 18.0 Å². The minimum absolute atomic E-state index is 0.794. The van der Waals surface area contributed by atoms with Crippen molar-refractivity contribution in [2.24, 2.45) is 0 Å². The normalized spacial score (nSPS) is 11.2. The van der Waals surface area contributed by atoms with Crippen LogP contribution in [0.4, 0.5) is 0 Å². The van der Waals surface area contributed by atoms with Gasteiger partial charge in [-0.25, -0.2) is 4.57 Å². The van der Waals surface area contributed by atoms with Crippen molar-refractivity contribution < 1.29 is 9.40 Å². The first-order valence-electron chi connectivity index (χ1n) is 14.2. The van der Waals surface area contributed by atoms with E-state index in [0.717, 1.165) is 19.6 Å². The second kappa shape index (κ2) is 18.6. The van der Waals surface area contributed by atoms with E-state index in [9.17, 15) is 0 Å². The number of aromatic nitrogens is 2. The van der Waals surface area contributed by atoms with E-state index in [-0.39, 0.29) is 0 Å². The smallest absolute Gasteiger partial charge is 0.328 e. The molecule has 0 aliphatic heterocycles. The third-order valence-corrected chi connectivity index (χ3v) is 6.63. The summed E-state index contributed by atoms with van der Waals surface area (Å²) in [6.07, 6.45) is 27.2. The summed E-state index contributed by atoms with van der Waals surface area (Å²) in [5.41, 5.74) is 1.23. The summed E-state index contributed by atoms with van der Waals surface area (Å²) in [6, 6.07) is 10.7. The lowest BCUT2D eigenvalue weighted by molar-refractivity contribution is -0.686. The number of rotatable bonds is 21. The molecule has 0 unspecified atom stereocenters. The molecule has 0 spiro atoms. The van der Waals surface area contributed by atoms with Gasteiger partial charge in [0, 0.05) is 0 Å². The van der Waals surface area contributed by atoms with Crippen LogP contribution in [-0.2, 0) is 6.54 Å². The second-order valence-corrected chi connectivity index (χ2v) is 9.64. The lowest BCUT2D eigenvalue weighted by atomic mass is 10.1. The average molecular weight is 456 g/mol. The van der Waals surface area contributed by atoms with E-state index in [1.165, 1.54) is 114 Å². The zero-order valence-electron chi connectivity index (χ0n) is 21.8. The van der Waals surface area contributed by atoms with E-state index < -0.39 is 0 Å². The lowest BCUT2D eigenvalue weighted by Crippen LogP contribution is -2.35. The van der Waals surface area contributed by atoms with Gasteiger partial charge in [0.15, 0.2) is 6.20 Å². The second-order valence-electron chi connectivity index (χ2n) is 9.64. The van der Waals surface area contributed by atoms with Gasteiger partial charge < -0.3 is 4.84 Å². The maximum atomic E-state index is 6.21. The fraction of sp³-hybridized carbons (Fsp3) is 0.700. The molecule has 33 heavy (non-hydrogen) atoms. The maximum absolute atomic E-state index is 6.21. The standard InChI is InChI=1S/C30H51N2O/c1-3-5-7-9-11-13-15-17-22-28-33-32-27-26-31(30(32)29-23-19-18-20-24-29)25-21-16-14-12-10-8-6-4-2/h18-20,23-24,26-27H,3-17,21-22,25,28H2,1-2H3/q+1. The zero-order valence-corrected chi connectivity index (χ0v) is 21.8. The molecule has 0 atom stereocenters. The first-order chi connectivity index (χ1) is 16.4. The van der Waals surface area contributed by atoms with Gasteiger partial charge >= 0.3 is 5.82 Å². The van der Waals surface area contributed by atoms with E-state index in [1.807, 2.05) is 4.73 Å². The highest BCUT2D eigenvalue weighted by Crippen LogP contribution is 2.16. The van der Waals surface area contributed by atoms with Crippen LogP contribution in [0.5, 0.6) is 0 Å². The number of nitrogens with zero attached hydrogens (tertiary/aromatic N) is 2. The molecule has 0 amide bonds. The average Bonchev–Trinajstić information content (AvgIpc) is 3.25. The van der Waals surface area contributed by atoms with Crippen LogP contribution in [0.2, 0.25) is 0 Å². The minimum Gasteiger partial charge on any atom is -0.335 e. The summed E-state index contributed by atoms with van der Waals surface area (Å²) in [7, 11) is 0. The molecule has 2 aromatic rings. The van der Waals surface area contributed by atoms with E-state index in [4.69, 9.17) is 4.84 Å². The third-order valence-electron chi connectivity index (χ3n) is 6.63. The Balaban J connectivity index is 1.73. The largest absolute Gasteiger partial charge is 0.335 e. The van der Waals surface area contributed by atoms with Crippen LogP contribution in [0.1, 0.15) is 123 Å². The van der Waals surface area contributed by atoms with Gasteiger partial charge in [-0.05, 0) is 42.5 Å². The Morgan fingerprint density at radius 2 is 1.15 bits per heavy atom. The Bertz CT molecular complexity index is 695. The van der Waals surface area contributed by atoms with Gasteiger partial charge in [0.2, 0.25) is 0 Å². The summed E-state index contributed by atoms with van der Waals surface area (Å²) in [6.45, 7) is 6.43. The molecule has 3 heteroatoms. The van der Waals surface area contributed by atoms with Gasteiger partial charge in [0.25, 0.3) is 0 Å². The van der Waals surface area contributed by atoms with Gasteiger partial charge in [0.1, 0.15) is 12.8 Å². The SMILES string of the molecule is CCCCCCCCCCCOn1cc[n+](CCCCCCCCCC)c1-c1ccccc1. The fourth-order valence-electron chi connectivity index (χ4n) is 4.57. The van der Waals surface area contributed by atoms with E-state index in [0.29, 0.717) is 0 Å². The Kier molecular flexibility index (Phi) is 15.5. The summed E-state index contributed by atoms with van der Waals surface area (Å²) >= 11 is 0. The zero-order chi connectivity index (χ0) is 23.4. The number of hydrogen-bond acceptors (Lipinski definition) is 1. The molecule has 0 fully saturated rings. The molecule has 0 bridgehead atoms. The van der Waals surface area contributed by atoms with Crippen LogP contribution in [0, 0.1) is 0 Å². The summed E-state index contributed by atoms with van der Waals surface area (Å²) < 4.78 is 4.38. The quantitative estimate of drug-likeness (QED) is 0.136. The third kappa shape index (κ3) is 11.8. The van der Waals surface area contributed by atoms with Crippen molar-refractivity contribution in [3.8, 4) is 11.4 Å². The monoisotopic (exact) mass is 455 g/mol. The number of hydrogen-bond donors (Lipinski definition) is 0.